The zero-order valence-electron chi connectivity index (χ0n) is 16.9. The standard InChI is InChI=1S/C20H29ClN6O/c1-13(2)19-25-18-10-7-16(12-27(18)26-19)24-20(22-4)23-11-14(3)28-17-8-5-15(21)6-9-17/h5-6,8-9,13-14,16H,7,10-12H2,1-4H3,(H2,22,23,24). The molecule has 1 aromatic carbocycles. The number of aromatic nitrogens is 3. The largest absolute Gasteiger partial charge is 0.489 e. The van der Waals surface area contributed by atoms with E-state index in [1.54, 1.807) is 7.05 Å². The van der Waals surface area contributed by atoms with Crippen molar-refractivity contribution >= 4 is 17.6 Å². The van der Waals surface area contributed by atoms with E-state index in [-0.39, 0.29) is 12.1 Å². The first-order valence-electron chi connectivity index (χ1n) is 9.77. The van der Waals surface area contributed by atoms with E-state index in [0.29, 0.717) is 17.5 Å². The van der Waals surface area contributed by atoms with Crippen LogP contribution in [0.2, 0.25) is 5.02 Å². The van der Waals surface area contributed by atoms with Crippen molar-refractivity contribution in [1.82, 2.24) is 25.4 Å². The highest BCUT2D eigenvalue weighted by Gasteiger charge is 2.23. The summed E-state index contributed by atoms with van der Waals surface area (Å²) in [5.74, 6) is 3.92. The molecule has 0 saturated heterocycles. The van der Waals surface area contributed by atoms with Crippen molar-refractivity contribution in [2.75, 3.05) is 13.6 Å². The van der Waals surface area contributed by atoms with Crippen LogP contribution in [0.5, 0.6) is 5.75 Å². The van der Waals surface area contributed by atoms with Gasteiger partial charge in [0.05, 0.1) is 13.1 Å². The second-order valence-electron chi connectivity index (χ2n) is 7.44. The summed E-state index contributed by atoms with van der Waals surface area (Å²) in [6.45, 7) is 7.70. The van der Waals surface area contributed by atoms with Crippen LogP contribution in [-0.2, 0) is 13.0 Å². The first kappa shape index (κ1) is 20.5. The van der Waals surface area contributed by atoms with Gasteiger partial charge >= 0.3 is 0 Å². The number of guanidine groups is 1. The average Bonchev–Trinajstić information content (AvgIpc) is 3.10. The van der Waals surface area contributed by atoms with E-state index >= 15 is 0 Å². The smallest absolute Gasteiger partial charge is 0.191 e. The maximum absolute atomic E-state index is 5.91. The molecule has 152 valence electrons. The lowest BCUT2D eigenvalue weighted by Gasteiger charge is -2.26. The number of fused-ring (bicyclic) bond motifs is 1. The Bertz CT molecular complexity index is 802. The van der Waals surface area contributed by atoms with E-state index in [9.17, 15) is 0 Å². The summed E-state index contributed by atoms with van der Waals surface area (Å²) in [5.41, 5.74) is 0. The van der Waals surface area contributed by atoms with Gasteiger partial charge in [0.2, 0.25) is 0 Å². The zero-order valence-corrected chi connectivity index (χ0v) is 17.7. The van der Waals surface area contributed by atoms with Crippen LogP contribution >= 0.6 is 11.6 Å². The lowest BCUT2D eigenvalue weighted by molar-refractivity contribution is 0.223. The van der Waals surface area contributed by atoms with Crippen LogP contribution in [0.3, 0.4) is 0 Å². The Kier molecular flexibility index (Phi) is 6.78. The lowest BCUT2D eigenvalue weighted by atomic mass is 10.1. The quantitative estimate of drug-likeness (QED) is 0.571. The Morgan fingerprint density at radius 1 is 1.32 bits per heavy atom. The number of hydrogen-bond acceptors (Lipinski definition) is 4. The molecule has 28 heavy (non-hydrogen) atoms. The second kappa shape index (κ2) is 9.28. The van der Waals surface area contributed by atoms with E-state index < -0.39 is 0 Å². The molecule has 2 N–H and O–H groups in total. The predicted molar refractivity (Wildman–Crippen MR) is 112 cm³/mol. The predicted octanol–water partition coefficient (Wildman–Crippen LogP) is 3.00. The topological polar surface area (TPSA) is 76.4 Å². The summed E-state index contributed by atoms with van der Waals surface area (Å²) in [5, 5.41) is 12.2. The fourth-order valence-electron chi connectivity index (χ4n) is 3.11. The number of ether oxygens (including phenoxy) is 1. The molecule has 0 aliphatic carbocycles. The molecule has 0 fully saturated rings. The number of benzene rings is 1. The third-order valence-electron chi connectivity index (χ3n) is 4.66. The minimum Gasteiger partial charge on any atom is -0.489 e. The number of aliphatic imine (C=N–C) groups is 1. The molecule has 1 aliphatic heterocycles. The number of nitrogens with zero attached hydrogens (tertiary/aromatic N) is 4. The van der Waals surface area contributed by atoms with Crippen molar-refractivity contribution in [3.8, 4) is 5.75 Å². The van der Waals surface area contributed by atoms with Crippen LogP contribution in [0.4, 0.5) is 0 Å². The normalized spacial score (nSPS) is 17.9. The van der Waals surface area contributed by atoms with Gasteiger partial charge in [0.15, 0.2) is 11.8 Å². The molecule has 0 bridgehead atoms. The van der Waals surface area contributed by atoms with E-state index in [1.165, 1.54) is 0 Å². The van der Waals surface area contributed by atoms with Crippen LogP contribution in [-0.4, -0.2) is 46.5 Å². The molecule has 1 aromatic heterocycles. The van der Waals surface area contributed by atoms with Crippen molar-refractivity contribution in [3.05, 3.63) is 40.9 Å². The van der Waals surface area contributed by atoms with Crippen molar-refractivity contribution in [2.45, 2.75) is 58.2 Å². The Morgan fingerprint density at radius 3 is 2.75 bits per heavy atom. The number of hydrogen-bond donors (Lipinski definition) is 2. The Morgan fingerprint density at radius 2 is 2.07 bits per heavy atom. The highest BCUT2D eigenvalue weighted by molar-refractivity contribution is 6.30. The molecule has 0 radical (unpaired) electrons. The summed E-state index contributed by atoms with van der Waals surface area (Å²) in [7, 11) is 1.78. The fraction of sp³-hybridized carbons (Fsp3) is 0.550. The van der Waals surface area contributed by atoms with E-state index in [1.807, 2.05) is 35.9 Å². The molecular weight excluding hydrogens is 376 g/mol. The second-order valence-corrected chi connectivity index (χ2v) is 7.87. The van der Waals surface area contributed by atoms with Crippen molar-refractivity contribution in [3.63, 3.8) is 0 Å². The average molecular weight is 405 g/mol. The van der Waals surface area contributed by atoms with Crippen molar-refractivity contribution in [1.29, 1.82) is 0 Å². The maximum Gasteiger partial charge on any atom is 0.191 e. The SMILES string of the molecule is CN=C(NCC(C)Oc1ccc(Cl)cc1)NC1CCc2nc(C(C)C)nn2C1. The molecule has 0 amide bonds. The molecule has 1 aliphatic rings. The minimum absolute atomic E-state index is 0.0124. The summed E-state index contributed by atoms with van der Waals surface area (Å²) < 4.78 is 7.92. The summed E-state index contributed by atoms with van der Waals surface area (Å²) >= 11 is 5.91. The Hall–Kier alpha value is -2.28. The van der Waals surface area contributed by atoms with Crippen LogP contribution in [0.25, 0.3) is 0 Å². The first-order chi connectivity index (χ1) is 13.4. The number of halogens is 1. The molecule has 3 rings (SSSR count). The molecule has 0 spiro atoms. The molecule has 7 nitrogen and oxygen atoms in total. The minimum atomic E-state index is -0.0124. The van der Waals surface area contributed by atoms with Gasteiger partial charge in [-0.3, -0.25) is 4.99 Å². The summed E-state index contributed by atoms with van der Waals surface area (Å²) in [4.78, 5) is 8.98. The van der Waals surface area contributed by atoms with Crippen LogP contribution in [0.1, 0.15) is 44.8 Å². The van der Waals surface area contributed by atoms with E-state index in [2.05, 4.69) is 39.6 Å². The van der Waals surface area contributed by atoms with Crippen LogP contribution < -0.4 is 15.4 Å². The van der Waals surface area contributed by atoms with Gasteiger partial charge in [0, 0.05) is 30.5 Å². The molecule has 2 aromatic rings. The zero-order chi connectivity index (χ0) is 20.1. The molecule has 8 heteroatoms. The third kappa shape index (κ3) is 5.38. The Labute approximate surface area is 171 Å². The number of nitrogens with one attached hydrogen (secondary N) is 2. The number of aryl methyl sites for hydroxylation is 1. The molecular formula is C20H29ClN6O. The van der Waals surface area contributed by atoms with Gasteiger partial charge in [-0.2, -0.15) is 5.10 Å². The van der Waals surface area contributed by atoms with Gasteiger partial charge < -0.3 is 15.4 Å². The fourth-order valence-corrected chi connectivity index (χ4v) is 3.23. The lowest BCUT2D eigenvalue weighted by Crippen LogP contribution is -2.48. The van der Waals surface area contributed by atoms with Crippen LogP contribution in [0, 0.1) is 0 Å². The van der Waals surface area contributed by atoms with Crippen molar-refractivity contribution in [2.24, 2.45) is 4.99 Å². The van der Waals surface area contributed by atoms with E-state index in [0.717, 1.165) is 42.7 Å². The van der Waals surface area contributed by atoms with Gasteiger partial charge in [-0.25, -0.2) is 9.67 Å². The highest BCUT2D eigenvalue weighted by atomic mass is 35.5. The maximum atomic E-state index is 5.91. The van der Waals surface area contributed by atoms with Crippen molar-refractivity contribution < 1.29 is 4.74 Å². The first-order valence-corrected chi connectivity index (χ1v) is 10.2. The summed E-state index contributed by atoms with van der Waals surface area (Å²) in [6.07, 6.45) is 1.92. The molecule has 2 atom stereocenters. The monoisotopic (exact) mass is 404 g/mol. The van der Waals surface area contributed by atoms with Gasteiger partial charge in [0.1, 0.15) is 17.7 Å². The van der Waals surface area contributed by atoms with E-state index in [4.69, 9.17) is 16.3 Å². The van der Waals surface area contributed by atoms with Gasteiger partial charge in [-0.05, 0) is 37.6 Å². The molecule has 2 heterocycles. The van der Waals surface area contributed by atoms with Crippen LogP contribution in [0.15, 0.2) is 29.3 Å². The summed E-state index contributed by atoms with van der Waals surface area (Å²) in [6, 6.07) is 7.66. The molecule has 0 saturated carbocycles. The third-order valence-corrected chi connectivity index (χ3v) is 4.92. The van der Waals surface area contributed by atoms with Gasteiger partial charge in [-0.15, -0.1) is 0 Å². The Balaban J connectivity index is 1.48. The highest BCUT2D eigenvalue weighted by Crippen LogP contribution is 2.18. The number of rotatable bonds is 6. The molecule has 2 unspecified atom stereocenters. The van der Waals surface area contributed by atoms with Gasteiger partial charge in [-0.1, -0.05) is 25.4 Å². The van der Waals surface area contributed by atoms with Gasteiger partial charge in [0.25, 0.3) is 0 Å².